The first-order chi connectivity index (χ1) is 22.1. The van der Waals surface area contributed by atoms with Gasteiger partial charge in [-0.05, 0) is 54.3 Å². The second-order valence-electron chi connectivity index (χ2n) is 11.0. The van der Waals surface area contributed by atoms with Crippen molar-refractivity contribution in [3.63, 3.8) is 0 Å². The summed E-state index contributed by atoms with van der Waals surface area (Å²) in [5.74, 6) is 0.661. The molecule has 1 fully saturated rings. The number of nitro groups is 1. The van der Waals surface area contributed by atoms with Crippen LogP contribution in [0, 0.1) is 17.0 Å². The normalized spacial score (nSPS) is 13.4. The van der Waals surface area contributed by atoms with Crippen molar-refractivity contribution in [2.75, 3.05) is 47.1 Å². The van der Waals surface area contributed by atoms with Crippen molar-refractivity contribution < 1.29 is 28.7 Å². The number of amides is 1. The smallest absolute Gasteiger partial charge is 0.315 e. The average Bonchev–Trinajstić information content (AvgIpc) is 3.06. The van der Waals surface area contributed by atoms with Gasteiger partial charge in [0.05, 0.1) is 49.5 Å². The zero-order valence-electron chi connectivity index (χ0n) is 26.3. The van der Waals surface area contributed by atoms with E-state index in [0.29, 0.717) is 48.6 Å². The number of aryl methyl sites for hydroxylation is 1. The first-order valence-electron chi connectivity index (χ1n) is 14.7. The zero-order chi connectivity index (χ0) is 33.0. The van der Waals surface area contributed by atoms with E-state index in [1.165, 1.54) is 30.1 Å². The highest BCUT2D eigenvalue weighted by atomic mass is 16.6. The molecule has 13 heteroatoms. The van der Waals surface area contributed by atoms with Crippen LogP contribution in [0.2, 0.25) is 0 Å². The Labute approximate surface area is 265 Å². The van der Waals surface area contributed by atoms with Gasteiger partial charge >= 0.3 is 5.69 Å². The summed E-state index contributed by atoms with van der Waals surface area (Å²) in [6, 6.07) is 13.5. The van der Waals surface area contributed by atoms with E-state index in [-0.39, 0.29) is 28.9 Å². The monoisotopic (exact) mass is 629 g/mol. The number of para-hydroxylation sites is 1. The predicted octanol–water partition coefficient (Wildman–Crippen LogP) is 4.54. The third-order valence-electron chi connectivity index (χ3n) is 7.69. The third kappa shape index (κ3) is 6.54. The minimum absolute atomic E-state index is 0.0298. The van der Waals surface area contributed by atoms with E-state index in [0.717, 1.165) is 16.9 Å². The van der Waals surface area contributed by atoms with Crippen LogP contribution in [0.1, 0.15) is 36.5 Å². The number of ether oxygens (including phenoxy) is 4. The van der Waals surface area contributed by atoms with Gasteiger partial charge in [0, 0.05) is 30.3 Å². The highest BCUT2D eigenvalue weighted by Crippen LogP contribution is 2.38. The molecule has 0 spiro atoms. The van der Waals surface area contributed by atoms with E-state index in [1.54, 1.807) is 36.3 Å². The molecule has 3 aromatic carbocycles. The number of hydrogen-bond acceptors (Lipinski definition) is 10. The maximum Gasteiger partial charge on any atom is 0.315 e. The number of benzene rings is 3. The minimum atomic E-state index is -0.627. The lowest BCUT2D eigenvalue weighted by Gasteiger charge is -2.26. The van der Waals surface area contributed by atoms with E-state index in [2.05, 4.69) is 5.10 Å². The Kier molecular flexibility index (Phi) is 9.61. The summed E-state index contributed by atoms with van der Waals surface area (Å²) in [5.41, 5.74) is 2.36. The predicted molar refractivity (Wildman–Crippen MR) is 172 cm³/mol. The van der Waals surface area contributed by atoms with Gasteiger partial charge in [-0.15, -0.1) is 0 Å². The lowest BCUT2D eigenvalue weighted by molar-refractivity contribution is -0.385. The Morgan fingerprint density at radius 3 is 2.50 bits per heavy atom. The highest BCUT2D eigenvalue weighted by molar-refractivity contribution is 5.85. The Morgan fingerprint density at radius 2 is 1.83 bits per heavy atom. The molecule has 0 N–H and O–H groups in total. The summed E-state index contributed by atoms with van der Waals surface area (Å²) >= 11 is 0. The summed E-state index contributed by atoms with van der Waals surface area (Å²) in [7, 11) is 2.95. The quantitative estimate of drug-likeness (QED) is 0.140. The van der Waals surface area contributed by atoms with E-state index >= 15 is 0 Å². The molecule has 2 heterocycles. The van der Waals surface area contributed by atoms with Gasteiger partial charge in [-0.3, -0.25) is 19.7 Å². The second kappa shape index (κ2) is 13.8. The molecular weight excluding hydrogens is 594 g/mol. The Bertz CT molecular complexity index is 1880. The maximum absolute atomic E-state index is 13.8. The van der Waals surface area contributed by atoms with E-state index < -0.39 is 22.8 Å². The molecule has 1 saturated heterocycles. The summed E-state index contributed by atoms with van der Waals surface area (Å²) < 4.78 is 23.1. The van der Waals surface area contributed by atoms with Gasteiger partial charge < -0.3 is 23.8 Å². The van der Waals surface area contributed by atoms with Crippen LogP contribution in [0.4, 0.5) is 5.69 Å². The topological polar surface area (TPSA) is 148 Å². The molecule has 0 atom stereocenters. The molecule has 0 aliphatic carbocycles. The molecule has 1 aromatic heterocycles. The third-order valence-corrected chi connectivity index (χ3v) is 7.69. The molecule has 13 nitrogen and oxygen atoms in total. The van der Waals surface area contributed by atoms with Gasteiger partial charge in [0.15, 0.2) is 18.2 Å². The number of aromatic nitrogens is 2. The van der Waals surface area contributed by atoms with E-state index in [9.17, 15) is 19.7 Å². The summed E-state index contributed by atoms with van der Waals surface area (Å²) in [6.07, 6.45) is 1.32. The Hall–Kier alpha value is -5.30. The molecule has 1 amide bonds. The van der Waals surface area contributed by atoms with Crippen LogP contribution in [0.5, 0.6) is 17.2 Å². The van der Waals surface area contributed by atoms with E-state index in [1.807, 2.05) is 32.9 Å². The molecule has 0 saturated carbocycles. The molecule has 0 radical (unpaired) electrons. The second-order valence-corrected chi connectivity index (χ2v) is 11.0. The number of methoxy groups -OCH3 is 2. The van der Waals surface area contributed by atoms with Gasteiger partial charge in [0.1, 0.15) is 5.75 Å². The van der Waals surface area contributed by atoms with Crippen LogP contribution in [-0.2, 0) is 9.53 Å². The molecule has 4 aromatic rings. The van der Waals surface area contributed by atoms with Crippen LogP contribution in [-0.4, -0.2) is 78.7 Å². The lowest BCUT2D eigenvalue weighted by atomic mass is 9.96. The van der Waals surface area contributed by atoms with E-state index in [4.69, 9.17) is 23.9 Å². The molecule has 0 bridgehead atoms. The number of fused-ring (bicyclic) bond motifs is 1. The van der Waals surface area contributed by atoms with Gasteiger partial charge in [0.25, 0.3) is 11.5 Å². The molecule has 5 rings (SSSR count). The molecular formula is C33H35N5O8. The van der Waals surface area contributed by atoms with Crippen molar-refractivity contribution in [3.05, 3.63) is 85.7 Å². The van der Waals surface area contributed by atoms with Crippen LogP contribution >= 0.6 is 0 Å². The molecule has 46 heavy (non-hydrogen) atoms. The number of rotatable bonds is 10. The molecule has 240 valence electrons. The first kappa shape index (κ1) is 32.1. The highest BCUT2D eigenvalue weighted by Gasteiger charge is 2.25. The van der Waals surface area contributed by atoms with Gasteiger partial charge in [-0.2, -0.15) is 9.78 Å². The number of carbonyl (C=O) groups is 1. The molecule has 0 unspecified atom stereocenters. The number of nitro benzene ring substituents is 1. The van der Waals surface area contributed by atoms with Crippen molar-refractivity contribution >= 4 is 28.7 Å². The number of nitrogens with zero attached hydrogens (tertiary/aromatic N) is 5. The van der Waals surface area contributed by atoms with Crippen molar-refractivity contribution in [3.8, 4) is 28.6 Å². The van der Waals surface area contributed by atoms with Crippen molar-refractivity contribution in [1.29, 1.82) is 0 Å². The lowest BCUT2D eigenvalue weighted by Crippen LogP contribution is -2.43. The van der Waals surface area contributed by atoms with Crippen LogP contribution in [0.15, 0.2) is 58.4 Å². The van der Waals surface area contributed by atoms with Crippen LogP contribution in [0.25, 0.3) is 22.3 Å². The SMILES string of the molecule is COc1cc(C)c(-c2nc3ccccc3c(=O)n2N=Cc2cc(OC)c(OCC(=O)N3CCOCC3)c([N+](=O)[O-])c2)cc1C(C)C. The number of hydrogen-bond donors (Lipinski definition) is 0. The molecule has 1 aliphatic heterocycles. The first-order valence-corrected chi connectivity index (χ1v) is 14.7. The Morgan fingerprint density at radius 1 is 1.11 bits per heavy atom. The van der Waals surface area contributed by atoms with Gasteiger partial charge in [-0.25, -0.2) is 4.98 Å². The standard InChI is InChI=1S/C33H35N5O8/c1-20(2)24-17-25(21(3)14-28(24)43-4)32-35-26-9-7-6-8-23(26)33(40)37(32)34-18-22-15-27(38(41)42)31(29(16-22)44-5)46-19-30(39)36-10-12-45-13-11-36/h6-9,14-18,20H,10-13,19H2,1-5H3. The zero-order valence-corrected chi connectivity index (χ0v) is 26.3. The van der Waals surface area contributed by atoms with Crippen LogP contribution < -0.4 is 19.8 Å². The fraction of sp³-hybridized carbons (Fsp3) is 0.333. The van der Waals surface area contributed by atoms with Gasteiger partial charge in [-0.1, -0.05) is 26.0 Å². The summed E-state index contributed by atoms with van der Waals surface area (Å²) in [4.78, 5) is 44.3. The van der Waals surface area contributed by atoms with Crippen molar-refractivity contribution in [2.45, 2.75) is 26.7 Å². The van der Waals surface area contributed by atoms with Crippen LogP contribution in [0.3, 0.4) is 0 Å². The minimum Gasteiger partial charge on any atom is -0.496 e. The van der Waals surface area contributed by atoms with Crippen molar-refractivity contribution in [2.24, 2.45) is 5.10 Å². The molecule has 1 aliphatic rings. The fourth-order valence-electron chi connectivity index (χ4n) is 5.25. The number of carbonyl (C=O) groups excluding carboxylic acids is 1. The Balaban J connectivity index is 1.58. The summed E-state index contributed by atoms with van der Waals surface area (Å²) in [6.45, 7) is 7.23. The largest absolute Gasteiger partial charge is 0.496 e. The number of morpholine rings is 1. The van der Waals surface area contributed by atoms with Crippen molar-refractivity contribution in [1.82, 2.24) is 14.6 Å². The average molecular weight is 630 g/mol. The fourth-order valence-corrected chi connectivity index (χ4v) is 5.25. The maximum atomic E-state index is 13.8. The summed E-state index contributed by atoms with van der Waals surface area (Å²) in [5, 5.41) is 17.0. The van der Waals surface area contributed by atoms with Gasteiger partial charge in [0.2, 0.25) is 5.75 Å².